The Morgan fingerprint density at radius 2 is 2.09 bits per heavy atom. The van der Waals surface area contributed by atoms with Crippen LogP contribution in [0.25, 0.3) is 0 Å². The van der Waals surface area contributed by atoms with Crippen LogP contribution in [0.1, 0.15) is 25.3 Å². The summed E-state index contributed by atoms with van der Waals surface area (Å²) in [5.74, 6) is -0.143. The molecule has 0 aliphatic carbocycles. The van der Waals surface area contributed by atoms with Gasteiger partial charge in [0, 0.05) is 26.2 Å². The van der Waals surface area contributed by atoms with Crippen LogP contribution < -0.4 is 5.32 Å². The number of hydrogen-bond acceptors (Lipinski definition) is 3. The zero-order chi connectivity index (χ0) is 15.6. The van der Waals surface area contributed by atoms with Gasteiger partial charge in [-0.2, -0.15) is 0 Å². The minimum Gasteiger partial charge on any atom is -0.360 e. The second-order valence-corrected chi connectivity index (χ2v) is 6.34. The highest BCUT2D eigenvalue weighted by atomic mass is 19.1. The van der Waals surface area contributed by atoms with Gasteiger partial charge in [-0.05, 0) is 37.8 Å². The van der Waals surface area contributed by atoms with Gasteiger partial charge in [-0.3, -0.25) is 4.79 Å². The summed E-state index contributed by atoms with van der Waals surface area (Å²) >= 11 is 0. The van der Waals surface area contributed by atoms with Crippen LogP contribution in [0.5, 0.6) is 0 Å². The maximum atomic E-state index is 13.6. The molecule has 2 saturated heterocycles. The summed E-state index contributed by atoms with van der Waals surface area (Å²) in [6, 6.07) is 6.96. The lowest BCUT2D eigenvalue weighted by molar-refractivity contribution is -0.167. The monoisotopic (exact) mass is 306 g/mol. The van der Waals surface area contributed by atoms with Crippen molar-refractivity contribution in [1.29, 1.82) is 0 Å². The van der Waals surface area contributed by atoms with Crippen LogP contribution in [0.2, 0.25) is 0 Å². The molecule has 22 heavy (non-hydrogen) atoms. The van der Waals surface area contributed by atoms with Gasteiger partial charge >= 0.3 is 0 Å². The van der Waals surface area contributed by atoms with Crippen molar-refractivity contribution >= 4 is 5.91 Å². The normalized spacial score (nSPS) is 25.2. The fraction of sp³-hybridized carbons (Fsp3) is 0.588. The van der Waals surface area contributed by atoms with Gasteiger partial charge in [-0.25, -0.2) is 4.39 Å². The highest BCUT2D eigenvalue weighted by Gasteiger charge is 2.41. The molecular weight excluding hydrogens is 283 g/mol. The number of rotatable bonds is 3. The highest BCUT2D eigenvalue weighted by molar-refractivity contribution is 5.81. The Kier molecular flexibility index (Phi) is 4.45. The average molecular weight is 306 g/mol. The molecule has 1 atom stereocenters. The van der Waals surface area contributed by atoms with E-state index in [1.54, 1.807) is 13.0 Å². The number of nitrogens with one attached hydrogen (secondary N) is 1. The molecule has 1 amide bonds. The first-order valence-corrected chi connectivity index (χ1v) is 7.99. The number of halogens is 1. The van der Waals surface area contributed by atoms with Gasteiger partial charge < -0.3 is 15.0 Å². The van der Waals surface area contributed by atoms with Crippen molar-refractivity contribution in [2.45, 2.75) is 37.9 Å². The first-order valence-electron chi connectivity index (χ1n) is 7.99. The fourth-order valence-corrected chi connectivity index (χ4v) is 3.32. The molecule has 1 N–H and O–H groups in total. The van der Waals surface area contributed by atoms with E-state index in [4.69, 9.17) is 4.74 Å². The van der Waals surface area contributed by atoms with Gasteiger partial charge in [0.25, 0.3) is 0 Å². The van der Waals surface area contributed by atoms with Crippen LogP contribution in [0.3, 0.4) is 0 Å². The standard InChI is InChI=1S/C17H23FN2O2/c1-13-16(21)19-12-17(22-13)7-10-20(11-8-17)9-6-14-4-2-3-5-15(14)18/h2-5,13H,6-12H2,1H3,(H,19,21). The maximum Gasteiger partial charge on any atom is 0.248 e. The van der Waals surface area contributed by atoms with E-state index in [9.17, 15) is 9.18 Å². The summed E-state index contributed by atoms with van der Waals surface area (Å²) in [6.07, 6.45) is 2.19. The van der Waals surface area contributed by atoms with Crippen LogP contribution >= 0.6 is 0 Å². The van der Waals surface area contributed by atoms with Crippen molar-refractivity contribution in [1.82, 2.24) is 10.2 Å². The summed E-state index contributed by atoms with van der Waals surface area (Å²) < 4.78 is 19.6. The molecule has 5 heteroatoms. The van der Waals surface area contributed by atoms with E-state index >= 15 is 0 Å². The number of morpholine rings is 1. The summed E-state index contributed by atoms with van der Waals surface area (Å²) in [5, 5.41) is 2.94. The minimum absolute atomic E-state index is 0.0207. The first-order chi connectivity index (χ1) is 10.6. The zero-order valence-corrected chi connectivity index (χ0v) is 13.0. The number of benzene rings is 1. The molecule has 2 heterocycles. The SMILES string of the molecule is CC1OC2(CCN(CCc3ccccc3F)CC2)CNC1=O. The second kappa shape index (κ2) is 6.34. The van der Waals surface area contributed by atoms with Gasteiger partial charge in [0.05, 0.1) is 5.60 Å². The number of ether oxygens (including phenoxy) is 1. The Morgan fingerprint density at radius 3 is 2.77 bits per heavy atom. The van der Waals surface area contributed by atoms with Gasteiger partial charge in [0.15, 0.2) is 0 Å². The van der Waals surface area contributed by atoms with Crippen molar-refractivity contribution < 1.29 is 13.9 Å². The topological polar surface area (TPSA) is 41.6 Å². The van der Waals surface area contributed by atoms with Crippen LogP contribution in [0.4, 0.5) is 4.39 Å². The van der Waals surface area contributed by atoms with E-state index in [1.807, 2.05) is 12.1 Å². The predicted octanol–water partition coefficient (Wildman–Crippen LogP) is 1.74. The summed E-state index contributed by atoms with van der Waals surface area (Å²) in [4.78, 5) is 13.8. The Hall–Kier alpha value is -1.46. The lowest BCUT2D eigenvalue weighted by Gasteiger charge is -2.45. The number of carbonyl (C=O) groups excluding carboxylic acids is 1. The minimum atomic E-state index is -0.362. The number of likely N-dealkylation sites (tertiary alicyclic amines) is 1. The molecule has 1 aromatic rings. The number of amides is 1. The third kappa shape index (κ3) is 3.31. The molecule has 120 valence electrons. The Balaban J connectivity index is 1.50. The molecule has 3 rings (SSSR count). The van der Waals surface area contributed by atoms with E-state index < -0.39 is 0 Å². The maximum absolute atomic E-state index is 13.6. The number of hydrogen-bond donors (Lipinski definition) is 1. The predicted molar refractivity (Wildman–Crippen MR) is 82.1 cm³/mol. The lowest BCUT2D eigenvalue weighted by atomic mass is 9.89. The molecule has 2 aliphatic rings. The van der Waals surface area contributed by atoms with E-state index in [0.29, 0.717) is 6.54 Å². The van der Waals surface area contributed by atoms with Crippen LogP contribution in [-0.2, 0) is 16.0 Å². The summed E-state index contributed by atoms with van der Waals surface area (Å²) in [6.45, 7) is 5.13. The number of nitrogens with zero attached hydrogens (tertiary/aromatic N) is 1. The third-order valence-electron chi connectivity index (χ3n) is 4.80. The first kappa shape index (κ1) is 15.4. The van der Waals surface area contributed by atoms with Crippen LogP contribution in [-0.4, -0.2) is 48.7 Å². The van der Waals surface area contributed by atoms with E-state index in [2.05, 4.69) is 10.2 Å². The molecule has 4 nitrogen and oxygen atoms in total. The smallest absolute Gasteiger partial charge is 0.248 e. The molecule has 2 fully saturated rings. The van der Waals surface area contributed by atoms with Gasteiger partial charge in [0.2, 0.25) is 5.91 Å². The number of carbonyl (C=O) groups is 1. The quantitative estimate of drug-likeness (QED) is 0.925. The molecule has 1 unspecified atom stereocenters. The van der Waals surface area contributed by atoms with Crippen LogP contribution in [0, 0.1) is 5.82 Å². The largest absolute Gasteiger partial charge is 0.360 e. The third-order valence-corrected chi connectivity index (χ3v) is 4.80. The van der Waals surface area contributed by atoms with Gasteiger partial charge in [0.1, 0.15) is 11.9 Å². The zero-order valence-electron chi connectivity index (χ0n) is 13.0. The summed E-state index contributed by atoms with van der Waals surface area (Å²) in [5.41, 5.74) is 0.569. The van der Waals surface area contributed by atoms with Gasteiger partial charge in [-0.1, -0.05) is 18.2 Å². The van der Waals surface area contributed by atoms with Crippen molar-refractivity contribution in [3.05, 3.63) is 35.6 Å². The van der Waals surface area contributed by atoms with E-state index in [0.717, 1.165) is 44.5 Å². The molecule has 1 aromatic carbocycles. The molecule has 0 aromatic heterocycles. The fourth-order valence-electron chi connectivity index (χ4n) is 3.32. The second-order valence-electron chi connectivity index (χ2n) is 6.34. The number of piperidine rings is 1. The van der Waals surface area contributed by atoms with E-state index in [1.165, 1.54) is 6.07 Å². The molecule has 0 radical (unpaired) electrons. The Morgan fingerprint density at radius 1 is 1.36 bits per heavy atom. The van der Waals surface area contributed by atoms with Crippen LogP contribution in [0.15, 0.2) is 24.3 Å². The van der Waals surface area contributed by atoms with E-state index in [-0.39, 0.29) is 23.4 Å². The van der Waals surface area contributed by atoms with Crippen molar-refractivity contribution in [2.24, 2.45) is 0 Å². The lowest BCUT2D eigenvalue weighted by Crippen LogP contribution is -2.60. The van der Waals surface area contributed by atoms with Gasteiger partial charge in [-0.15, -0.1) is 0 Å². The highest BCUT2D eigenvalue weighted by Crippen LogP contribution is 2.29. The van der Waals surface area contributed by atoms with Crippen molar-refractivity contribution in [2.75, 3.05) is 26.2 Å². The Bertz CT molecular complexity index is 541. The van der Waals surface area contributed by atoms with Crippen molar-refractivity contribution in [3.8, 4) is 0 Å². The molecule has 0 saturated carbocycles. The summed E-state index contributed by atoms with van der Waals surface area (Å²) in [7, 11) is 0. The Labute approximate surface area is 130 Å². The molecular formula is C17H23FN2O2. The molecule has 1 spiro atoms. The average Bonchev–Trinajstić information content (AvgIpc) is 2.52. The molecule has 2 aliphatic heterocycles. The molecule has 0 bridgehead atoms. The van der Waals surface area contributed by atoms with Crippen molar-refractivity contribution in [3.63, 3.8) is 0 Å².